The molecule has 1 aliphatic carbocycles. The summed E-state index contributed by atoms with van der Waals surface area (Å²) in [6.45, 7) is 2.03. The number of methoxy groups -OCH3 is 1. The standard InChI is InChI=1S/C12H22N2O2/c1-13(2)10-6-7-14(8-10)11(9-4-5-9)12(15)16-3/h9-11H,4-8H2,1-3H3. The zero-order chi connectivity index (χ0) is 11.7. The fraction of sp³-hybridized carbons (Fsp3) is 0.917. The van der Waals surface area contributed by atoms with E-state index in [4.69, 9.17) is 4.74 Å². The Kier molecular flexibility index (Phi) is 3.50. The lowest BCUT2D eigenvalue weighted by molar-refractivity contribution is -0.147. The van der Waals surface area contributed by atoms with Crippen molar-refractivity contribution in [2.75, 3.05) is 34.3 Å². The van der Waals surface area contributed by atoms with Gasteiger partial charge >= 0.3 is 5.97 Å². The second-order valence-corrected chi connectivity index (χ2v) is 5.21. The average Bonchev–Trinajstić information content (AvgIpc) is 2.95. The number of likely N-dealkylation sites (tertiary alicyclic amines) is 1. The van der Waals surface area contributed by atoms with Gasteiger partial charge in [-0.15, -0.1) is 0 Å². The van der Waals surface area contributed by atoms with Crippen molar-refractivity contribution in [3.05, 3.63) is 0 Å². The second-order valence-electron chi connectivity index (χ2n) is 5.21. The molecule has 0 N–H and O–H groups in total. The number of nitrogens with zero attached hydrogens (tertiary/aromatic N) is 2. The first-order chi connectivity index (χ1) is 7.63. The van der Waals surface area contributed by atoms with E-state index in [0.29, 0.717) is 12.0 Å². The Morgan fingerprint density at radius 2 is 2.06 bits per heavy atom. The third kappa shape index (κ3) is 2.38. The molecular formula is C12H22N2O2. The van der Waals surface area contributed by atoms with Crippen LogP contribution in [0.15, 0.2) is 0 Å². The molecule has 1 aliphatic heterocycles. The lowest BCUT2D eigenvalue weighted by Gasteiger charge is -2.26. The van der Waals surface area contributed by atoms with E-state index >= 15 is 0 Å². The molecule has 4 nitrogen and oxygen atoms in total. The van der Waals surface area contributed by atoms with Crippen molar-refractivity contribution in [1.82, 2.24) is 9.80 Å². The Hall–Kier alpha value is -0.610. The van der Waals surface area contributed by atoms with Crippen LogP contribution in [-0.2, 0) is 9.53 Å². The number of hydrogen-bond acceptors (Lipinski definition) is 4. The molecule has 92 valence electrons. The first-order valence-electron chi connectivity index (χ1n) is 6.11. The highest BCUT2D eigenvalue weighted by Crippen LogP contribution is 2.37. The molecule has 2 atom stereocenters. The first kappa shape index (κ1) is 11.9. The molecule has 2 unspecified atom stereocenters. The summed E-state index contributed by atoms with van der Waals surface area (Å²) in [4.78, 5) is 16.3. The van der Waals surface area contributed by atoms with Crippen LogP contribution in [0.3, 0.4) is 0 Å². The molecule has 1 heterocycles. The van der Waals surface area contributed by atoms with Gasteiger partial charge in [-0.2, -0.15) is 0 Å². The largest absolute Gasteiger partial charge is 0.468 e. The molecule has 0 aromatic heterocycles. The molecule has 1 saturated carbocycles. The summed E-state index contributed by atoms with van der Waals surface area (Å²) in [6, 6.07) is 0.612. The van der Waals surface area contributed by atoms with Gasteiger partial charge in [0.05, 0.1) is 7.11 Å². The van der Waals surface area contributed by atoms with Crippen molar-refractivity contribution >= 4 is 5.97 Å². The number of esters is 1. The zero-order valence-corrected chi connectivity index (χ0v) is 10.5. The van der Waals surface area contributed by atoms with Crippen LogP contribution in [0.2, 0.25) is 0 Å². The number of hydrogen-bond donors (Lipinski definition) is 0. The molecule has 4 heteroatoms. The molecule has 2 aliphatic rings. The maximum absolute atomic E-state index is 11.8. The van der Waals surface area contributed by atoms with Crippen LogP contribution < -0.4 is 0 Å². The van der Waals surface area contributed by atoms with Crippen LogP contribution in [-0.4, -0.2) is 62.1 Å². The third-order valence-electron chi connectivity index (χ3n) is 3.83. The van der Waals surface area contributed by atoms with E-state index in [1.165, 1.54) is 20.0 Å². The Labute approximate surface area is 97.5 Å². The van der Waals surface area contributed by atoms with Gasteiger partial charge < -0.3 is 9.64 Å². The number of rotatable bonds is 4. The summed E-state index contributed by atoms with van der Waals surface area (Å²) in [7, 11) is 5.72. The highest BCUT2D eigenvalue weighted by Gasteiger charge is 2.43. The summed E-state index contributed by atoms with van der Waals surface area (Å²) in [6.07, 6.45) is 3.53. The second kappa shape index (κ2) is 4.72. The maximum Gasteiger partial charge on any atom is 0.323 e. The first-order valence-corrected chi connectivity index (χ1v) is 6.11. The topological polar surface area (TPSA) is 32.8 Å². The Balaban J connectivity index is 1.97. The quantitative estimate of drug-likeness (QED) is 0.656. The zero-order valence-electron chi connectivity index (χ0n) is 10.5. The van der Waals surface area contributed by atoms with Gasteiger partial charge in [0.25, 0.3) is 0 Å². The van der Waals surface area contributed by atoms with Crippen molar-refractivity contribution in [1.29, 1.82) is 0 Å². The van der Waals surface area contributed by atoms with Crippen LogP contribution in [0.5, 0.6) is 0 Å². The van der Waals surface area contributed by atoms with Crippen LogP contribution in [0, 0.1) is 5.92 Å². The van der Waals surface area contributed by atoms with Crippen molar-refractivity contribution in [2.24, 2.45) is 5.92 Å². The van der Waals surface area contributed by atoms with Gasteiger partial charge in [-0.25, -0.2) is 0 Å². The number of carbonyl (C=O) groups is 1. The van der Waals surface area contributed by atoms with Gasteiger partial charge in [-0.1, -0.05) is 0 Å². The third-order valence-corrected chi connectivity index (χ3v) is 3.83. The summed E-state index contributed by atoms with van der Waals surface area (Å²) in [5.41, 5.74) is 0. The van der Waals surface area contributed by atoms with Gasteiger partial charge in [0.2, 0.25) is 0 Å². The van der Waals surface area contributed by atoms with Crippen molar-refractivity contribution < 1.29 is 9.53 Å². The molecule has 2 fully saturated rings. The minimum Gasteiger partial charge on any atom is -0.468 e. The molecule has 0 bridgehead atoms. The van der Waals surface area contributed by atoms with Gasteiger partial charge in [-0.05, 0) is 39.3 Å². The number of likely N-dealkylation sites (N-methyl/N-ethyl adjacent to an activating group) is 1. The minimum atomic E-state index is -0.0399. The highest BCUT2D eigenvalue weighted by atomic mass is 16.5. The highest BCUT2D eigenvalue weighted by molar-refractivity contribution is 5.76. The van der Waals surface area contributed by atoms with E-state index in [0.717, 1.165) is 19.5 Å². The van der Waals surface area contributed by atoms with E-state index in [1.54, 1.807) is 0 Å². The van der Waals surface area contributed by atoms with Crippen LogP contribution in [0.1, 0.15) is 19.3 Å². The van der Waals surface area contributed by atoms with E-state index in [1.807, 2.05) is 0 Å². The van der Waals surface area contributed by atoms with Crippen molar-refractivity contribution in [3.8, 4) is 0 Å². The van der Waals surface area contributed by atoms with Crippen molar-refractivity contribution in [2.45, 2.75) is 31.3 Å². The van der Waals surface area contributed by atoms with Crippen LogP contribution >= 0.6 is 0 Å². The molecule has 16 heavy (non-hydrogen) atoms. The summed E-state index contributed by atoms with van der Waals surface area (Å²) < 4.78 is 4.93. The fourth-order valence-electron chi connectivity index (χ4n) is 2.61. The molecular weight excluding hydrogens is 204 g/mol. The van der Waals surface area contributed by atoms with Gasteiger partial charge in [-0.3, -0.25) is 9.69 Å². The fourth-order valence-corrected chi connectivity index (χ4v) is 2.61. The van der Waals surface area contributed by atoms with Crippen molar-refractivity contribution in [3.63, 3.8) is 0 Å². The lowest BCUT2D eigenvalue weighted by Crippen LogP contribution is -2.43. The Bertz CT molecular complexity index is 264. The van der Waals surface area contributed by atoms with E-state index < -0.39 is 0 Å². The molecule has 0 aromatic carbocycles. The smallest absolute Gasteiger partial charge is 0.323 e. The molecule has 0 spiro atoms. The van der Waals surface area contributed by atoms with Gasteiger partial charge in [0.15, 0.2) is 0 Å². The Morgan fingerprint density at radius 3 is 2.50 bits per heavy atom. The molecule has 0 radical (unpaired) electrons. The maximum atomic E-state index is 11.8. The van der Waals surface area contributed by atoms with E-state index in [2.05, 4.69) is 23.9 Å². The molecule has 1 saturated heterocycles. The van der Waals surface area contributed by atoms with Gasteiger partial charge in [0, 0.05) is 19.1 Å². The van der Waals surface area contributed by atoms with Gasteiger partial charge in [0.1, 0.15) is 6.04 Å². The van der Waals surface area contributed by atoms with E-state index in [9.17, 15) is 4.79 Å². The summed E-state index contributed by atoms with van der Waals surface area (Å²) >= 11 is 0. The number of ether oxygens (including phenoxy) is 1. The number of carbonyl (C=O) groups excluding carboxylic acids is 1. The summed E-state index contributed by atoms with van der Waals surface area (Å²) in [5.74, 6) is 0.510. The molecule has 2 rings (SSSR count). The Morgan fingerprint density at radius 1 is 1.38 bits per heavy atom. The monoisotopic (exact) mass is 226 g/mol. The summed E-state index contributed by atoms with van der Waals surface area (Å²) in [5, 5.41) is 0. The van der Waals surface area contributed by atoms with E-state index in [-0.39, 0.29) is 12.0 Å². The van der Waals surface area contributed by atoms with Crippen LogP contribution in [0.25, 0.3) is 0 Å². The normalized spacial score (nSPS) is 28.4. The van der Waals surface area contributed by atoms with Crippen LogP contribution in [0.4, 0.5) is 0 Å². The SMILES string of the molecule is COC(=O)C(C1CC1)N1CCC(N(C)C)C1. The predicted octanol–water partition coefficient (Wildman–Crippen LogP) is 0.574. The molecule has 0 amide bonds. The average molecular weight is 226 g/mol. The predicted molar refractivity (Wildman–Crippen MR) is 62.2 cm³/mol. The lowest BCUT2D eigenvalue weighted by atomic mass is 10.1. The molecule has 0 aromatic rings. The minimum absolute atomic E-state index is 0.0231.